The highest BCUT2D eigenvalue weighted by Crippen LogP contribution is 2.37. The number of nitrogens with zero attached hydrogens (tertiary/aromatic N) is 4. The maximum Gasteiger partial charge on any atom is 0.227 e. The summed E-state index contributed by atoms with van der Waals surface area (Å²) in [4.78, 5) is 8.48. The highest BCUT2D eigenvalue weighted by atomic mass is 35.5. The van der Waals surface area contributed by atoms with Gasteiger partial charge in [0.2, 0.25) is 5.95 Å². The van der Waals surface area contributed by atoms with Crippen LogP contribution in [0.5, 0.6) is 5.75 Å². The molecule has 0 fully saturated rings. The van der Waals surface area contributed by atoms with E-state index in [1.165, 1.54) is 7.11 Å². The fourth-order valence-electron chi connectivity index (χ4n) is 2.05. The Balaban J connectivity index is 1.92. The molecule has 0 amide bonds. The van der Waals surface area contributed by atoms with Gasteiger partial charge in [0, 0.05) is 29.7 Å². The van der Waals surface area contributed by atoms with Gasteiger partial charge in [-0.3, -0.25) is 5.10 Å². The van der Waals surface area contributed by atoms with Crippen LogP contribution in [0.1, 0.15) is 5.56 Å². The first kappa shape index (κ1) is 14.8. The lowest BCUT2D eigenvalue weighted by Gasteiger charge is -2.10. The normalized spacial score (nSPS) is 10.1. The molecule has 23 heavy (non-hydrogen) atoms. The van der Waals surface area contributed by atoms with Crippen LogP contribution in [0.2, 0.25) is 5.02 Å². The summed E-state index contributed by atoms with van der Waals surface area (Å²) in [7, 11) is 1.47. The third-order valence-corrected chi connectivity index (χ3v) is 3.51. The number of ether oxygens (including phenoxy) is 1. The van der Waals surface area contributed by atoms with Gasteiger partial charge in [-0.05, 0) is 6.07 Å². The molecular weight excluding hydrogens is 316 g/mol. The van der Waals surface area contributed by atoms with Crippen LogP contribution >= 0.6 is 11.6 Å². The molecule has 114 valence electrons. The zero-order valence-corrected chi connectivity index (χ0v) is 12.8. The number of aromatic nitrogens is 4. The number of hydrogen-bond donors (Lipinski definition) is 2. The minimum Gasteiger partial charge on any atom is -0.494 e. The average Bonchev–Trinajstić information content (AvgIpc) is 3.08. The van der Waals surface area contributed by atoms with Crippen molar-refractivity contribution in [2.75, 3.05) is 12.4 Å². The summed E-state index contributed by atoms with van der Waals surface area (Å²) in [5.41, 5.74) is 2.55. The minimum absolute atomic E-state index is 0.340. The van der Waals surface area contributed by atoms with Crippen LogP contribution in [0.25, 0.3) is 11.1 Å². The van der Waals surface area contributed by atoms with E-state index < -0.39 is 0 Å². The molecule has 2 heterocycles. The number of H-pyrrole nitrogens is 1. The summed E-state index contributed by atoms with van der Waals surface area (Å²) < 4.78 is 5.20. The Morgan fingerprint density at radius 1 is 1.26 bits per heavy atom. The van der Waals surface area contributed by atoms with E-state index in [0.717, 1.165) is 11.3 Å². The van der Waals surface area contributed by atoms with Gasteiger partial charge in [-0.25, -0.2) is 9.97 Å². The molecule has 0 atom stereocenters. The van der Waals surface area contributed by atoms with Crippen LogP contribution < -0.4 is 10.1 Å². The molecule has 3 aromatic rings. The molecule has 0 aliphatic rings. The van der Waals surface area contributed by atoms with Gasteiger partial charge in [-0.2, -0.15) is 10.4 Å². The standard InChI is InChI=1S/C15H11ClN6O/c1-23-14-9(4-17)2-3-12(13(14)16)10-5-18-15(19-6-10)22-11-7-20-21-8-11/h2-3,5-8H,1H3,(H,20,21)(H,18,19,22). The Kier molecular flexibility index (Phi) is 4.08. The van der Waals surface area contributed by atoms with E-state index in [4.69, 9.17) is 21.6 Å². The first-order valence-corrected chi connectivity index (χ1v) is 6.95. The number of aromatic amines is 1. The van der Waals surface area contributed by atoms with Gasteiger partial charge < -0.3 is 10.1 Å². The predicted molar refractivity (Wildman–Crippen MR) is 85.6 cm³/mol. The summed E-state index contributed by atoms with van der Waals surface area (Å²) in [5, 5.41) is 18.9. The van der Waals surface area contributed by atoms with Gasteiger partial charge in [-0.1, -0.05) is 17.7 Å². The molecule has 3 rings (SSSR count). The molecule has 8 heteroatoms. The number of rotatable bonds is 4. The van der Waals surface area contributed by atoms with Crippen molar-refractivity contribution in [3.05, 3.63) is 47.5 Å². The fraction of sp³-hybridized carbons (Fsp3) is 0.0667. The van der Waals surface area contributed by atoms with Crippen molar-refractivity contribution in [2.45, 2.75) is 0 Å². The van der Waals surface area contributed by atoms with E-state index in [9.17, 15) is 0 Å². The van der Waals surface area contributed by atoms with Crippen LogP contribution in [0, 0.1) is 11.3 Å². The van der Waals surface area contributed by atoms with Crippen molar-refractivity contribution < 1.29 is 4.74 Å². The van der Waals surface area contributed by atoms with Crippen LogP contribution in [0.3, 0.4) is 0 Å². The first-order valence-electron chi connectivity index (χ1n) is 6.57. The number of halogens is 1. The lowest BCUT2D eigenvalue weighted by atomic mass is 10.1. The molecule has 1 aromatic carbocycles. The molecule has 0 unspecified atom stereocenters. The van der Waals surface area contributed by atoms with Crippen molar-refractivity contribution in [2.24, 2.45) is 0 Å². The average molecular weight is 327 g/mol. The topological polar surface area (TPSA) is 99.5 Å². The molecule has 0 bridgehead atoms. The van der Waals surface area contributed by atoms with E-state index in [0.29, 0.717) is 27.8 Å². The van der Waals surface area contributed by atoms with Crippen LogP contribution in [0.15, 0.2) is 36.9 Å². The monoisotopic (exact) mass is 326 g/mol. The van der Waals surface area contributed by atoms with E-state index in [1.54, 1.807) is 36.9 Å². The summed E-state index contributed by atoms with van der Waals surface area (Å²) in [6.07, 6.45) is 6.60. The SMILES string of the molecule is COc1c(C#N)ccc(-c2cnc(Nc3cn[nH]c3)nc2)c1Cl. The zero-order valence-electron chi connectivity index (χ0n) is 12.0. The highest BCUT2D eigenvalue weighted by Gasteiger charge is 2.14. The minimum atomic E-state index is 0.340. The molecule has 7 nitrogen and oxygen atoms in total. The van der Waals surface area contributed by atoms with Gasteiger partial charge in [0.25, 0.3) is 0 Å². The van der Waals surface area contributed by atoms with Gasteiger partial charge in [0.15, 0.2) is 5.75 Å². The highest BCUT2D eigenvalue weighted by molar-refractivity contribution is 6.35. The van der Waals surface area contributed by atoms with Gasteiger partial charge >= 0.3 is 0 Å². The molecule has 0 aliphatic heterocycles. The second-order valence-corrected chi connectivity index (χ2v) is 4.91. The number of nitriles is 1. The number of benzene rings is 1. The number of nitrogens with one attached hydrogen (secondary N) is 2. The molecule has 0 saturated carbocycles. The Labute approximate surface area is 136 Å². The van der Waals surface area contributed by atoms with Gasteiger partial charge in [-0.15, -0.1) is 0 Å². The molecule has 2 aromatic heterocycles. The Bertz CT molecular complexity index is 855. The van der Waals surface area contributed by atoms with E-state index in [2.05, 4.69) is 25.5 Å². The summed E-state index contributed by atoms with van der Waals surface area (Å²) in [6.45, 7) is 0. The van der Waals surface area contributed by atoms with Crippen LogP contribution in [-0.2, 0) is 0 Å². The molecule has 0 saturated heterocycles. The Hall–Kier alpha value is -3.11. The van der Waals surface area contributed by atoms with Crippen LogP contribution in [0.4, 0.5) is 11.6 Å². The second-order valence-electron chi connectivity index (χ2n) is 4.53. The van der Waals surface area contributed by atoms with Gasteiger partial charge in [0.05, 0.1) is 29.6 Å². The maximum atomic E-state index is 9.06. The second kappa shape index (κ2) is 6.34. The zero-order chi connectivity index (χ0) is 16.2. The molecule has 0 aliphatic carbocycles. The van der Waals surface area contributed by atoms with Crippen molar-refractivity contribution in [1.29, 1.82) is 5.26 Å². The molecule has 2 N–H and O–H groups in total. The largest absolute Gasteiger partial charge is 0.494 e. The van der Waals surface area contributed by atoms with E-state index in [1.807, 2.05) is 6.07 Å². The number of methoxy groups -OCH3 is 1. The quantitative estimate of drug-likeness (QED) is 0.764. The smallest absolute Gasteiger partial charge is 0.227 e. The summed E-state index contributed by atoms with van der Waals surface area (Å²) in [5.74, 6) is 0.777. The predicted octanol–water partition coefficient (Wildman–Crippen LogP) is 3.14. The van der Waals surface area contributed by atoms with Crippen molar-refractivity contribution in [1.82, 2.24) is 20.2 Å². The number of anilines is 2. The third-order valence-electron chi connectivity index (χ3n) is 3.14. The lowest BCUT2D eigenvalue weighted by molar-refractivity contribution is 0.414. The fourth-order valence-corrected chi connectivity index (χ4v) is 2.40. The third kappa shape index (κ3) is 2.93. The van der Waals surface area contributed by atoms with Crippen molar-refractivity contribution in [3.8, 4) is 22.9 Å². The summed E-state index contributed by atoms with van der Waals surface area (Å²) in [6, 6.07) is 5.43. The van der Waals surface area contributed by atoms with E-state index in [-0.39, 0.29) is 0 Å². The van der Waals surface area contributed by atoms with Crippen molar-refractivity contribution >= 4 is 23.2 Å². The first-order chi connectivity index (χ1) is 11.2. The Morgan fingerprint density at radius 3 is 2.65 bits per heavy atom. The molecular formula is C15H11ClN6O. The Morgan fingerprint density at radius 2 is 2.04 bits per heavy atom. The molecule has 0 radical (unpaired) electrons. The van der Waals surface area contributed by atoms with E-state index >= 15 is 0 Å². The van der Waals surface area contributed by atoms with Gasteiger partial charge in [0.1, 0.15) is 6.07 Å². The maximum absolute atomic E-state index is 9.06. The lowest BCUT2D eigenvalue weighted by Crippen LogP contribution is -1.97. The summed E-state index contributed by atoms with van der Waals surface area (Å²) >= 11 is 6.32. The van der Waals surface area contributed by atoms with Crippen LogP contribution in [-0.4, -0.2) is 27.3 Å². The molecule has 0 spiro atoms. The number of hydrogen-bond acceptors (Lipinski definition) is 6. The van der Waals surface area contributed by atoms with Crippen molar-refractivity contribution in [3.63, 3.8) is 0 Å².